The summed E-state index contributed by atoms with van der Waals surface area (Å²) in [7, 11) is 2.95. The van der Waals surface area contributed by atoms with Crippen LogP contribution in [0.25, 0.3) is 5.76 Å². The predicted molar refractivity (Wildman–Crippen MR) is 147 cm³/mol. The molecule has 1 unspecified atom stereocenters. The summed E-state index contributed by atoms with van der Waals surface area (Å²) in [6.07, 6.45) is 2.04. The zero-order valence-electron chi connectivity index (χ0n) is 23.7. The number of hydrogen-bond donors (Lipinski definition) is 5. The van der Waals surface area contributed by atoms with E-state index < -0.39 is 81.6 Å². The molecule has 0 aliphatic heterocycles. The van der Waals surface area contributed by atoms with Gasteiger partial charge in [-0.1, -0.05) is 31.9 Å². The second-order valence-electron chi connectivity index (χ2n) is 11.7. The number of hydrogen-bond acceptors (Lipinski definition) is 11. The van der Waals surface area contributed by atoms with Gasteiger partial charge in [0.1, 0.15) is 28.9 Å². The van der Waals surface area contributed by atoms with Gasteiger partial charge in [0.15, 0.2) is 11.4 Å². The number of primary amides is 1. The Morgan fingerprint density at radius 2 is 1.79 bits per heavy atom. The number of phenolic OH excluding ortho intramolecular Hbond substituents is 1. The van der Waals surface area contributed by atoms with Crippen molar-refractivity contribution in [2.75, 3.05) is 20.7 Å². The number of aliphatic hydroxyl groups is 3. The van der Waals surface area contributed by atoms with Gasteiger partial charge in [-0.05, 0) is 38.6 Å². The number of carbonyl (C=O) groups is 4. The minimum atomic E-state index is -2.98. The third-order valence-corrected chi connectivity index (χ3v) is 9.14. The number of aliphatic hydroxyl groups excluding tert-OH is 2. The smallest absolute Gasteiger partial charge is 0.305 e. The van der Waals surface area contributed by atoms with Crippen LogP contribution in [-0.2, 0) is 28.7 Å². The lowest BCUT2D eigenvalue weighted by Crippen LogP contribution is -2.71. The topological polar surface area (TPSA) is 197 Å². The van der Waals surface area contributed by atoms with E-state index in [-0.39, 0.29) is 30.4 Å². The van der Waals surface area contributed by atoms with Crippen molar-refractivity contribution in [1.82, 2.24) is 4.90 Å². The van der Waals surface area contributed by atoms with E-state index in [1.54, 1.807) is 19.1 Å². The molecule has 2 saturated carbocycles. The van der Waals surface area contributed by atoms with Crippen LogP contribution in [0.15, 0.2) is 35.1 Å². The molecule has 1 aromatic rings. The van der Waals surface area contributed by atoms with E-state index in [1.807, 2.05) is 0 Å². The third-order valence-electron chi connectivity index (χ3n) is 9.14. The van der Waals surface area contributed by atoms with E-state index in [9.17, 15) is 39.6 Å². The molecule has 2 fully saturated rings. The molecule has 6 N–H and O–H groups in total. The highest BCUT2D eigenvalue weighted by Gasteiger charge is 2.70. The Hall–Kier alpha value is -3.74. The van der Waals surface area contributed by atoms with Crippen molar-refractivity contribution in [1.29, 1.82) is 0 Å². The maximum absolute atomic E-state index is 14.4. The number of fused-ring (bicyclic) bond motifs is 3. The second kappa shape index (κ2) is 10.8. The molecule has 226 valence electrons. The molecule has 0 spiro atoms. The number of phenols is 1. The molecule has 4 aliphatic rings. The number of amides is 1. The van der Waals surface area contributed by atoms with Crippen LogP contribution in [-0.4, -0.2) is 93.3 Å². The molecule has 12 heteroatoms. The number of rotatable bonds is 7. The van der Waals surface area contributed by atoms with Crippen LogP contribution in [0.5, 0.6) is 5.75 Å². The molecule has 0 saturated heterocycles. The van der Waals surface area contributed by atoms with Gasteiger partial charge in [-0.3, -0.25) is 24.1 Å². The highest BCUT2D eigenvalue weighted by atomic mass is 16.5. The summed E-state index contributed by atoms with van der Waals surface area (Å²) in [5.41, 5.74) is 1.43. The van der Waals surface area contributed by atoms with Crippen molar-refractivity contribution in [3.8, 4) is 5.75 Å². The quantitative estimate of drug-likeness (QED) is 0.229. The largest absolute Gasteiger partial charge is 0.508 e. The number of benzene rings is 1. The second-order valence-corrected chi connectivity index (χ2v) is 11.7. The Balaban J connectivity index is 1.80. The predicted octanol–water partition coefficient (Wildman–Crippen LogP) is 1.40. The highest BCUT2D eigenvalue weighted by molar-refractivity contribution is 6.24. The van der Waals surface area contributed by atoms with Crippen LogP contribution in [0.2, 0.25) is 0 Å². The van der Waals surface area contributed by atoms with Gasteiger partial charge in [-0.25, -0.2) is 0 Å². The Morgan fingerprint density at radius 3 is 2.38 bits per heavy atom. The standard InChI is InChI=1S/C30H36N2O10/c1-4-17(34)42-26-19-15(12-41-13-8-5-6-9-13)14-10-7-11-16(33)18(14)24(35)20(19)27(37)30(40)22(26)23(32(2)3)25(36)21(28(30)38)29(31)39/h7,10-11,13,15,19,22-23,26,33,35,38,40H,4-6,8-9,12H2,1-3H3,(H2,31,39)/t15-,19+,22+,23?,26-,30-/m0/s1. The van der Waals surface area contributed by atoms with Gasteiger partial charge < -0.3 is 35.6 Å². The highest BCUT2D eigenvalue weighted by Crippen LogP contribution is 2.57. The molecule has 12 nitrogen and oxygen atoms in total. The molecule has 0 heterocycles. The van der Waals surface area contributed by atoms with Crippen molar-refractivity contribution in [2.45, 2.75) is 68.8 Å². The van der Waals surface area contributed by atoms with Crippen molar-refractivity contribution >= 4 is 29.2 Å². The first-order chi connectivity index (χ1) is 19.9. The number of nitrogens with two attached hydrogens (primary N) is 1. The van der Waals surface area contributed by atoms with E-state index in [4.69, 9.17) is 15.2 Å². The maximum Gasteiger partial charge on any atom is 0.305 e. The van der Waals surface area contributed by atoms with E-state index in [0.29, 0.717) is 5.56 Å². The first-order valence-corrected chi connectivity index (χ1v) is 14.1. The maximum atomic E-state index is 14.4. The first-order valence-electron chi connectivity index (χ1n) is 14.1. The monoisotopic (exact) mass is 584 g/mol. The van der Waals surface area contributed by atoms with Crippen LogP contribution in [0.4, 0.5) is 0 Å². The van der Waals surface area contributed by atoms with Gasteiger partial charge in [0.05, 0.1) is 30.2 Å². The van der Waals surface area contributed by atoms with Crippen LogP contribution in [0, 0.1) is 11.8 Å². The zero-order chi connectivity index (χ0) is 30.7. The molecule has 6 atom stereocenters. The Kier molecular flexibility index (Phi) is 7.67. The van der Waals surface area contributed by atoms with E-state index >= 15 is 0 Å². The lowest BCUT2D eigenvalue weighted by Gasteiger charge is -2.54. The SMILES string of the molecule is CCC(=O)O[C@H]1[C@H]2C(=C(O)c3c(O)cccc3[C@@H]2COC2CCCC2)C(=O)[C@]2(O)C(O)=C(C(N)=O)C(=O)C(N(C)C)[C@H]12. The fourth-order valence-corrected chi connectivity index (χ4v) is 7.24. The Morgan fingerprint density at radius 1 is 1.12 bits per heavy atom. The number of aromatic hydroxyl groups is 1. The number of Topliss-reactive ketones (excluding diaryl/α,β-unsaturated/α-hetero) is 2. The Bertz CT molecular complexity index is 1410. The normalized spacial score (nSPS) is 31.2. The van der Waals surface area contributed by atoms with Crippen molar-refractivity contribution in [3.63, 3.8) is 0 Å². The van der Waals surface area contributed by atoms with Crippen molar-refractivity contribution in [2.24, 2.45) is 17.6 Å². The van der Waals surface area contributed by atoms with Gasteiger partial charge in [0.25, 0.3) is 5.91 Å². The summed E-state index contributed by atoms with van der Waals surface area (Å²) < 4.78 is 12.2. The molecule has 4 aliphatic carbocycles. The molecule has 1 amide bonds. The zero-order valence-corrected chi connectivity index (χ0v) is 23.7. The molecule has 5 rings (SSSR count). The number of carbonyl (C=O) groups excluding carboxylic acids is 4. The number of esters is 1. The summed E-state index contributed by atoms with van der Waals surface area (Å²) in [4.78, 5) is 54.6. The molecule has 1 aromatic carbocycles. The van der Waals surface area contributed by atoms with Crippen LogP contribution >= 0.6 is 0 Å². The van der Waals surface area contributed by atoms with E-state index in [2.05, 4.69) is 0 Å². The van der Waals surface area contributed by atoms with Gasteiger partial charge in [0.2, 0.25) is 5.78 Å². The van der Waals surface area contributed by atoms with Gasteiger partial charge in [-0.15, -0.1) is 0 Å². The van der Waals surface area contributed by atoms with Crippen LogP contribution < -0.4 is 5.73 Å². The van der Waals surface area contributed by atoms with Gasteiger partial charge in [-0.2, -0.15) is 0 Å². The fraction of sp³-hybridized carbons (Fsp3) is 0.533. The summed E-state index contributed by atoms with van der Waals surface area (Å²) in [5.74, 6) is -10.0. The number of ether oxygens (including phenoxy) is 2. The number of ketones is 2. The third kappa shape index (κ3) is 4.31. The molecular weight excluding hydrogens is 548 g/mol. The van der Waals surface area contributed by atoms with Crippen LogP contribution in [0.3, 0.4) is 0 Å². The molecule has 0 bridgehead atoms. The average molecular weight is 585 g/mol. The van der Waals surface area contributed by atoms with Crippen LogP contribution in [0.1, 0.15) is 56.1 Å². The summed E-state index contributed by atoms with van der Waals surface area (Å²) in [6, 6.07) is 3.13. The number of nitrogens with zero attached hydrogens (tertiary/aromatic N) is 1. The minimum Gasteiger partial charge on any atom is -0.508 e. The Labute approximate surface area is 242 Å². The first kappa shape index (κ1) is 29.7. The average Bonchev–Trinajstić information content (AvgIpc) is 3.45. The minimum absolute atomic E-state index is 0.0100. The van der Waals surface area contributed by atoms with Gasteiger partial charge >= 0.3 is 5.97 Å². The molecule has 42 heavy (non-hydrogen) atoms. The summed E-state index contributed by atoms with van der Waals surface area (Å²) in [6.45, 7) is 1.56. The van der Waals surface area contributed by atoms with Gasteiger partial charge in [0, 0.05) is 23.8 Å². The lowest BCUT2D eigenvalue weighted by atomic mass is 9.54. The fourth-order valence-electron chi connectivity index (χ4n) is 7.24. The van der Waals surface area contributed by atoms with Crippen molar-refractivity contribution in [3.05, 3.63) is 46.2 Å². The van der Waals surface area contributed by atoms with E-state index in [1.165, 1.54) is 25.1 Å². The van der Waals surface area contributed by atoms with E-state index in [0.717, 1.165) is 25.7 Å². The lowest BCUT2D eigenvalue weighted by molar-refractivity contribution is -0.186. The number of likely N-dealkylation sites (N-methyl/N-ethyl adjacent to an activating group) is 1. The molecular formula is C30H36N2O10. The molecule has 0 aromatic heterocycles. The molecule has 0 radical (unpaired) electrons. The van der Waals surface area contributed by atoms with Crippen molar-refractivity contribution < 1.29 is 49.1 Å². The summed E-state index contributed by atoms with van der Waals surface area (Å²) >= 11 is 0. The summed E-state index contributed by atoms with van der Waals surface area (Å²) in [5, 5.41) is 45.7.